The average Bonchev–Trinajstić information content (AvgIpc) is 2.38. The SMILES string of the molecule is NCc1cccc(-c2ccc(C(=O)O)nc2N)c1. The van der Waals surface area contributed by atoms with Crippen molar-refractivity contribution < 1.29 is 9.90 Å². The highest BCUT2D eigenvalue weighted by atomic mass is 16.4. The van der Waals surface area contributed by atoms with Crippen LogP contribution >= 0.6 is 0 Å². The molecule has 2 rings (SSSR count). The fourth-order valence-electron chi connectivity index (χ4n) is 1.70. The third kappa shape index (κ3) is 2.31. The molecule has 0 atom stereocenters. The predicted molar refractivity (Wildman–Crippen MR) is 68.9 cm³/mol. The standard InChI is InChI=1S/C13H13N3O2/c14-7-8-2-1-3-9(6-8)10-4-5-11(13(17)18)16-12(10)15/h1-6H,7,14H2,(H2,15,16)(H,17,18). The Morgan fingerprint density at radius 2 is 2.06 bits per heavy atom. The Kier molecular flexibility index (Phi) is 3.25. The number of nitrogens with zero attached hydrogens (tertiary/aromatic N) is 1. The van der Waals surface area contributed by atoms with Crippen molar-refractivity contribution in [3.63, 3.8) is 0 Å². The van der Waals surface area contributed by atoms with E-state index in [4.69, 9.17) is 16.6 Å². The molecule has 0 aliphatic rings. The van der Waals surface area contributed by atoms with Gasteiger partial charge in [-0.05, 0) is 29.3 Å². The van der Waals surface area contributed by atoms with Crippen molar-refractivity contribution in [1.29, 1.82) is 0 Å². The molecule has 1 aromatic heterocycles. The zero-order valence-electron chi connectivity index (χ0n) is 9.63. The summed E-state index contributed by atoms with van der Waals surface area (Å²) in [6.45, 7) is 0.439. The van der Waals surface area contributed by atoms with Gasteiger partial charge in [-0.2, -0.15) is 0 Å². The summed E-state index contributed by atoms with van der Waals surface area (Å²) in [6, 6.07) is 10.7. The van der Waals surface area contributed by atoms with Crippen molar-refractivity contribution in [1.82, 2.24) is 4.98 Å². The number of carboxylic acids is 1. The zero-order chi connectivity index (χ0) is 13.1. The second-order valence-electron chi connectivity index (χ2n) is 3.84. The smallest absolute Gasteiger partial charge is 0.354 e. The molecule has 0 bridgehead atoms. The van der Waals surface area contributed by atoms with E-state index in [2.05, 4.69) is 4.98 Å². The predicted octanol–water partition coefficient (Wildman–Crippen LogP) is 1.49. The maximum Gasteiger partial charge on any atom is 0.354 e. The quantitative estimate of drug-likeness (QED) is 0.757. The number of pyridine rings is 1. The van der Waals surface area contributed by atoms with Crippen molar-refractivity contribution in [2.24, 2.45) is 5.73 Å². The van der Waals surface area contributed by atoms with Crippen molar-refractivity contribution in [3.8, 4) is 11.1 Å². The number of benzene rings is 1. The molecular weight excluding hydrogens is 230 g/mol. The van der Waals surface area contributed by atoms with Crippen LogP contribution in [0.2, 0.25) is 0 Å². The first-order valence-electron chi connectivity index (χ1n) is 5.41. The van der Waals surface area contributed by atoms with Gasteiger partial charge in [0.25, 0.3) is 0 Å². The summed E-state index contributed by atoms with van der Waals surface area (Å²) >= 11 is 0. The number of anilines is 1. The van der Waals surface area contributed by atoms with E-state index >= 15 is 0 Å². The van der Waals surface area contributed by atoms with Crippen LogP contribution in [0.15, 0.2) is 36.4 Å². The minimum atomic E-state index is -1.09. The summed E-state index contributed by atoms with van der Waals surface area (Å²) in [4.78, 5) is 14.6. The number of carboxylic acid groups (broad SMARTS) is 1. The molecule has 2 aromatic rings. The van der Waals surface area contributed by atoms with Crippen LogP contribution in [0.5, 0.6) is 0 Å². The van der Waals surface area contributed by atoms with E-state index in [0.717, 1.165) is 11.1 Å². The van der Waals surface area contributed by atoms with E-state index in [0.29, 0.717) is 12.1 Å². The summed E-state index contributed by atoms with van der Waals surface area (Å²) in [5, 5.41) is 8.82. The second kappa shape index (κ2) is 4.85. The molecule has 5 nitrogen and oxygen atoms in total. The molecule has 0 spiro atoms. The van der Waals surface area contributed by atoms with Gasteiger partial charge in [0.15, 0.2) is 5.69 Å². The molecule has 0 aliphatic carbocycles. The number of aromatic carboxylic acids is 1. The van der Waals surface area contributed by atoms with E-state index < -0.39 is 5.97 Å². The van der Waals surface area contributed by atoms with Crippen LogP contribution in [0.4, 0.5) is 5.82 Å². The maximum absolute atomic E-state index is 10.8. The van der Waals surface area contributed by atoms with Gasteiger partial charge in [-0.15, -0.1) is 0 Å². The van der Waals surface area contributed by atoms with Crippen LogP contribution in [0, 0.1) is 0 Å². The van der Waals surface area contributed by atoms with Gasteiger partial charge in [0.1, 0.15) is 5.82 Å². The first-order valence-corrected chi connectivity index (χ1v) is 5.41. The lowest BCUT2D eigenvalue weighted by Gasteiger charge is -2.07. The van der Waals surface area contributed by atoms with E-state index in [1.807, 2.05) is 24.3 Å². The summed E-state index contributed by atoms with van der Waals surface area (Å²) in [6.07, 6.45) is 0. The van der Waals surface area contributed by atoms with Gasteiger partial charge in [0.05, 0.1) is 0 Å². The molecule has 5 heteroatoms. The Hall–Kier alpha value is -2.40. The highest BCUT2D eigenvalue weighted by molar-refractivity contribution is 5.87. The molecule has 1 aromatic carbocycles. The number of rotatable bonds is 3. The topological polar surface area (TPSA) is 102 Å². The molecular formula is C13H13N3O2. The van der Waals surface area contributed by atoms with Crippen LogP contribution in [-0.4, -0.2) is 16.1 Å². The van der Waals surface area contributed by atoms with Gasteiger partial charge >= 0.3 is 5.97 Å². The lowest BCUT2D eigenvalue weighted by Crippen LogP contribution is -2.04. The lowest BCUT2D eigenvalue weighted by atomic mass is 10.0. The zero-order valence-corrected chi connectivity index (χ0v) is 9.63. The average molecular weight is 243 g/mol. The first-order chi connectivity index (χ1) is 8.61. The number of hydrogen-bond acceptors (Lipinski definition) is 4. The Balaban J connectivity index is 2.47. The summed E-state index contributed by atoms with van der Waals surface area (Å²) in [7, 11) is 0. The van der Waals surface area contributed by atoms with Gasteiger partial charge < -0.3 is 16.6 Å². The minimum absolute atomic E-state index is 0.0637. The van der Waals surface area contributed by atoms with E-state index in [1.54, 1.807) is 6.07 Å². The Morgan fingerprint density at radius 1 is 1.28 bits per heavy atom. The van der Waals surface area contributed by atoms with Gasteiger partial charge in [-0.25, -0.2) is 9.78 Å². The summed E-state index contributed by atoms with van der Waals surface area (Å²) < 4.78 is 0. The maximum atomic E-state index is 10.8. The number of aromatic nitrogens is 1. The molecule has 5 N–H and O–H groups in total. The van der Waals surface area contributed by atoms with Crippen molar-refractivity contribution in [3.05, 3.63) is 47.7 Å². The van der Waals surface area contributed by atoms with E-state index in [1.165, 1.54) is 6.07 Å². The first kappa shape index (κ1) is 12.1. The molecule has 0 amide bonds. The van der Waals surface area contributed by atoms with Gasteiger partial charge in [-0.3, -0.25) is 0 Å². The highest BCUT2D eigenvalue weighted by Gasteiger charge is 2.09. The Morgan fingerprint density at radius 3 is 2.67 bits per heavy atom. The molecule has 92 valence electrons. The molecule has 0 saturated carbocycles. The number of nitrogen functional groups attached to an aromatic ring is 1. The van der Waals surface area contributed by atoms with Gasteiger partial charge in [0.2, 0.25) is 0 Å². The second-order valence-corrected chi connectivity index (χ2v) is 3.84. The van der Waals surface area contributed by atoms with Crippen LogP contribution in [-0.2, 0) is 6.54 Å². The largest absolute Gasteiger partial charge is 0.477 e. The highest BCUT2D eigenvalue weighted by Crippen LogP contribution is 2.25. The third-order valence-electron chi connectivity index (χ3n) is 2.62. The monoisotopic (exact) mass is 243 g/mol. The molecule has 0 radical (unpaired) electrons. The molecule has 18 heavy (non-hydrogen) atoms. The third-order valence-corrected chi connectivity index (χ3v) is 2.62. The van der Waals surface area contributed by atoms with Crippen molar-refractivity contribution in [2.75, 3.05) is 5.73 Å². The molecule has 0 saturated heterocycles. The van der Waals surface area contributed by atoms with Crippen molar-refractivity contribution >= 4 is 11.8 Å². The van der Waals surface area contributed by atoms with Crippen LogP contribution < -0.4 is 11.5 Å². The Bertz CT molecular complexity index is 597. The fraction of sp³-hybridized carbons (Fsp3) is 0.0769. The summed E-state index contributed by atoms with van der Waals surface area (Å²) in [5.41, 5.74) is 13.8. The Labute approximate surface area is 104 Å². The minimum Gasteiger partial charge on any atom is -0.477 e. The normalized spacial score (nSPS) is 10.3. The molecule has 0 aliphatic heterocycles. The van der Waals surface area contributed by atoms with Gasteiger partial charge in [-0.1, -0.05) is 18.2 Å². The summed E-state index contributed by atoms with van der Waals surface area (Å²) in [5.74, 6) is -0.895. The van der Waals surface area contributed by atoms with Crippen LogP contribution in [0.1, 0.15) is 16.1 Å². The van der Waals surface area contributed by atoms with Crippen LogP contribution in [0.3, 0.4) is 0 Å². The number of carbonyl (C=O) groups is 1. The number of hydrogen-bond donors (Lipinski definition) is 3. The van der Waals surface area contributed by atoms with E-state index in [9.17, 15) is 4.79 Å². The molecule has 1 heterocycles. The van der Waals surface area contributed by atoms with E-state index in [-0.39, 0.29) is 11.5 Å². The lowest BCUT2D eigenvalue weighted by molar-refractivity contribution is 0.0690. The fourth-order valence-corrected chi connectivity index (χ4v) is 1.70. The molecule has 0 fully saturated rings. The van der Waals surface area contributed by atoms with Crippen molar-refractivity contribution in [2.45, 2.75) is 6.54 Å². The molecule has 0 unspecified atom stereocenters. The number of nitrogens with two attached hydrogens (primary N) is 2. The van der Waals surface area contributed by atoms with Gasteiger partial charge in [0, 0.05) is 12.1 Å². The van der Waals surface area contributed by atoms with Crippen LogP contribution in [0.25, 0.3) is 11.1 Å².